The second-order valence-corrected chi connectivity index (χ2v) is 7.16. The maximum atomic E-state index is 12.7. The van der Waals surface area contributed by atoms with Crippen molar-refractivity contribution in [3.63, 3.8) is 0 Å². The van der Waals surface area contributed by atoms with E-state index in [0.717, 1.165) is 21.8 Å². The number of para-hydroxylation sites is 1. The molecule has 0 aliphatic carbocycles. The fourth-order valence-corrected chi connectivity index (χ4v) is 3.65. The fourth-order valence-electron chi connectivity index (χ4n) is 2.67. The minimum Gasteiger partial charge on any atom is -0.320 e. The van der Waals surface area contributed by atoms with Crippen molar-refractivity contribution in [3.8, 4) is 10.6 Å². The SMILES string of the molecule is O=C(Nc1ccccc1Cn1cccn1)c1csc(-c2cccc(Cl)c2)n1. The number of rotatable bonds is 5. The van der Waals surface area contributed by atoms with E-state index in [9.17, 15) is 4.79 Å². The number of halogens is 1. The summed E-state index contributed by atoms with van der Waals surface area (Å²) in [7, 11) is 0. The zero-order valence-electron chi connectivity index (χ0n) is 14.2. The van der Waals surface area contributed by atoms with Gasteiger partial charge < -0.3 is 5.32 Å². The summed E-state index contributed by atoms with van der Waals surface area (Å²) in [6, 6.07) is 17.0. The van der Waals surface area contributed by atoms with Crippen LogP contribution < -0.4 is 5.32 Å². The Morgan fingerprint density at radius 3 is 2.85 bits per heavy atom. The van der Waals surface area contributed by atoms with E-state index >= 15 is 0 Å². The van der Waals surface area contributed by atoms with E-state index in [4.69, 9.17) is 11.6 Å². The summed E-state index contributed by atoms with van der Waals surface area (Å²) in [4.78, 5) is 17.1. The number of nitrogens with zero attached hydrogens (tertiary/aromatic N) is 3. The molecule has 2 aromatic heterocycles. The summed E-state index contributed by atoms with van der Waals surface area (Å²) in [6.07, 6.45) is 3.62. The number of carbonyl (C=O) groups is 1. The monoisotopic (exact) mass is 394 g/mol. The van der Waals surface area contributed by atoms with Gasteiger partial charge in [-0.2, -0.15) is 5.10 Å². The molecule has 5 nitrogen and oxygen atoms in total. The summed E-state index contributed by atoms with van der Waals surface area (Å²) in [5.74, 6) is -0.243. The van der Waals surface area contributed by atoms with E-state index < -0.39 is 0 Å². The van der Waals surface area contributed by atoms with Crippen molar-refractivity contribution in [1.82, 2.24) is 14.8 Å². The molecule has 1 amide bonds. The lowest BCUT2D eigenvalue weighted by atomic mass is 10.1. The van der Waals surface area contributed by atoms with Crippen molar-refractivity contribution in [3.05, 3.63) is 88.7 Å². The molecule has 7 heteroatoms. The van der Waals surface area contributed by atoms with Gasteiger partial charge in [0.2, 0.25) is 0 Å². The Morgan fingerprint density at radius 1 is 1.15 bits per heavy atom. The van der Waals surface area contributed by atoms with Gasteiger partial charge >= 0.3 is 0 Å². The number of thiazole rings is 1. The number of benzene rings is 2. The molecule has 0 radical (unpaired) electrons. The Hall–Kier alpha value is -2.96. The number of hydrogen-bond donors (Lipinski definition) is 1. The van der Waals surface area contributed by atoms with Gasteiger partial charge in [-0.05, 0) is 29.8 Å². The molecule has 0 unspecified atom stereocenters. The van der Waals surface area contributed by atoms with Crippen LogP contribution in [0.1, 0.15) is 16.1 Å². The standard InChI is InChI=1S/C20H15ClN4OS/c21-16-7-3-6-14(11-16)20-24-18(13-27-20)19(26)23-17-8-2-1-5-15(17)12-25-10-4-9-22-25/h1-11,13H,12H2,(H,23,26). The molecule has 1 N–H and O–H groups in total. The van der Waals surface area contributed by atoms with Crippen molar-refractivity contribution in [2.24, 2.45) is 0 Å². The molecule has 0 spiro atoms. The van der Waals surface area contributed by atoms with Gasteiger partial charge in [0.1, 0.15) is 10.7 Å². The first-order valence-corrected chi connectivity index (χ1v) is 9.53. The van der Waals surface area contributed by atoms with Crippen LogP contribution in [-0.4, -0.2) is 20.7 Å². The number of hydrogen-bond acceptors (Lipinski definition) is 4. The molecule has 0 bridgehead atoms. The second kappa shape index (κ2) is 7.73. The molecular formula is C20H15ClN4OS. The van der Waals surface area contributed by atoms with Gasteiger partial charge in [0, 0.05) is 34.0 Å². The predicted octanol–water partition coefficient (Wildman–Crippen LogP) is 4.96. The molecule has 4 aromatic rings. The number of aromatic nitrogens is 3. The van der Waals surface area contributed by atoms with Crippen LogP contribution in [-0.2, 0) is 6.54 Å². The summed E-state index contributed by atoms with van der Waals surface area (Å²) in [5.41, 5.74) is 2.99. The van der Waals surface area contributed by atoms with Gasteiger partial charge in [0.15, 0.2) is 0 Å². The third kappa shape index (κ3) is 4.07. The van der Waals surface area contributed by atoms with Crippen molar-refractivity contribution >= 4 is 34.5 Å². The molecule has 0 aliphatic rings. The molecule has 0 aliphatic heterocycles. The van der Waals surface area contributed by atoms with Gasteiger partial charge in [0.25, 0.3) is 5.91 Å². The third-order valence-electron chi connectivity index (χ3n) is 3.97. The van der Waals surface area contributed by atoms with Crippen molar-refractivity contribution in [2.75, 3.05) is 5.32 Å². The third-order valence-corrected chi connectivity index (χ3v) is 5.09. The highest BCUT2D eigenvalue weighted by atomic mass is 35.5. The van der Waals surface area contributed by atoms with Gasteiger partial charge in [-0.3, -0.25) is 9.48 Å². The molecule has 0 atom stereocenters. The zero-order chi connectivity index (χ0) is 18.6. The van der Waals surface area contributed by atoms with Crippen LogP contribution in [0.25, 0.3) is 10.6 Å². The molecule has 2 aromatic carbocycles. The first-order chi connectivity index (χ1) is 13.2. The van der Waals surface area contributed by atoms with E-state index in [1.165, 1.54) is 11.3 Å². The summed E-state index contributed by atoms with van der Waals surface area (Å²) < 4.78 is 1.81. The topological polar surface area (TPSA) is 59.8 Å². The first-order valence-electron chi connectivity index (χ1n) is 8.27. The first kappa shape index (κ1) is 17.5. The minimum atomic E-state index is -0.243. The van der Waals surface area contributed by atoms with Crippen LogP contribution in [0.4, 0.5) is 5.69 Å². The lowest BCUT2D eigenvalue weighted by Gasteiger charge is -2.10. The van der Waals surface area contributed by atoms with Gasteiger partial charge in [-0.1, -0.05) is 41.9 Å². The van der Waals surface area contributed by atoms with Crippen molar-refractivity contribution < 1.29 is 4.79 Å². The minimum absolute atomic E-state index is 0.243. The molecule has 2 heterocycles. The van der Waals surface area contributed by atoms with Crippen LogP contribution in [0.15, 0.2) is 72.4 Å². The summed E-state index contributed by atoms with van der Waals surface area (Å²) >= 11 is 7.45. The van der Waals surface area contributed by atoms with Crippen molar-refractivity contribution in [1.29, 1.82) is 0 Å². The Kier molecular flexibility index (Phi) is 5.00. The molecular weight excluding hydrogens is 380 g/mol. The normalized spacial score (nSPS) is 10.7. The van der Waals surface area contributed by atoms with E-state index in [-0.39, 0.29) is 5.91 Å². The smallest absolute Gasteiger partial charge is 0.275 e. The van der Waals surface area contributed by atoms with E-state index in [2.05, 4.69) is 15.4 Å². The van der Waals surface area contributed by atoms with Crippen LogP contribution in [0.5, 0.6) is 0 Å². The molecule has 0 saturated carbocycles. The molecule has 4 rings (SSSR count). The van der Waals surface area contributed by atoms with Gasteiger partial charge in [0.05, 0.1) is 6.54 Å². The average molecular weight is 395 g/mol. The van der Waals surface area contributed by atoms with Crippen molar-refractivity contribution in [2.45, 2.75) is 6.54 Å². The number of nitrogens with one attached hydrogen (secondary N) is 1. The Bertz CT molecular complexity index is 1080. The highest BCUT2D eigenvalue weighted by molar-refractivity contribution is 7.13. The van der Waals surface area contributed by atoms with Gasteiger partial charge in [-0.15, -0.1) is 11.3 Å². The fraction of sp³-hybridized carbons (Fsp3) is 0.0500. The highest BCUT2D eigenvalue weighted by Gasteiger charge is 2.14. The number of anilines is 1. The largest absolute Gasteiger partial charge is 0.320 e. The van der Waals surface area contributed by atoms with E-state index in [1.807, 2.05) is 65.5 Å². The number of amides is 1. The maximum Gasteiger partial charge on any atom is 0.275 e. The van der Waals surface area contributed by atoms with Gasteiger partial charge in [-0.25, -0.2) is 4.98 Å². The lowest BCUT2D eigenvalue weighted by Crippen LogP contribution is -2.14. The highest BCUT2D eigenvalue weighted by Crippen LogP contribution is 2.26. The van der Waals surface area contributed by atoms with E-state index in [1.54, 1.807) is 11.6 Å². The Balaban J connectivity index is 1.53. The molecule has 0 fully saturated rings. The average Bonchev–Trinajstić information content (AvgIpc) is 3.35. The molecule has 0 saturated heterocycles. The van der Waals surface area contributed by atoms with E-state index in [0.29, 0.717) is 17.3 Å². The predicted molar refractivity (Wildman–Crippen MR) is 108 cm³/mol. The van der Waals surface area contributed by atoms with Crippen LogP contribution in [0.3, 0.4) is 0 Å². The summed E-state index contributed by atoms with van der Waals surface area (Å²) in [6.45, 7) is 0.578. The lowest BCUT2D eigenvalue weighted by molar-refractivity contribution is 0.102. The van der Waals surface area contributed by atoms with Crippen LogP contribution in [0, 0.1) is 0 Å². The van der Waals surface area contributed by atoms with Crippen LogP contribution >= 0.6 is 22.9 Å². The Labute approximate surface area is 165 Å². The quantitative estimate of drug-likeness (QED) is 0.520. The molecule has 134 valence electrons. The maximum absolute atomic E-state index is 12.7. The zero-order valence-corrected chi connectivity index (χ0v) is 15.7. The van der Waals surface area contributed by atoms with Crippen LogP contribution in [0.2, 0.25) is 5.02 Å². The number of carbonyl (C=O) groups excluding carboxylic acids is 1. The Morgan fingerprint density at radius 2 is 2.04 bits per heavy atom. The second-order valence-electron chi connectivity index (χ2n) is 5.86. The summed E-state index contributed by atoms with van der Waals surface area (Å²) in [5, 5.41) is 10.3. The molecule has 27 heavy (non-hydrogen) atoms.